The molecule has 0 radical (unpaired) electrons. The van der Waals surface area contributed by atoms with Gasteiger partial charge in [-0.1, -0.05) is 0 Å². The Morgan fingerprint density at radius 1 is 1.33 bits per heavy atom. The molecule has 0 aromatic carbocycles. The van der Waals surface area contributed by atoms with Gasteiger partial charge in [0, 0.05) is 12.4 Å². The van der Waals surface area contributed by atoms with Crippen molar-refractivity contribution in [2.75, 3.05) is 0 Å². The number of hydrogen-bond donors (Lipinski definition) is 0. The van der Waals surface area contributed by atoms with Gasteiger partial charge in [-0.15, -0.1) is 0 Å². The van der Waals surface area contributed by atoms with E-state index >= 15 is 0 Å². The van der Waals surface area contributed by atoms with E-state index in [0.717, 1.165) is 5.56 Å². The van der Waals surface area contributed by atoms with Crippen LogP contribution in [-0.4, -0.2) is 16.3 Å². The first-order valence-corrected chi connectivity index (χ1v) is 5.35. The molecule has 0 spiro atoms. The van der Waals surface area contributed by atoms with Gasteiger partial charge in [0.15, 0.2) is 6.29 Å². The monoisotopic (exact) mass is 246 g/mol. The summed E-state index contributed by atoms with van der Waals surface area (Å²) < 4.78 is 18.7. The number of hydrogen-bond acceptors (Lipinski definition) is 4. The molecule has 2 heterocycles. The fraction of sp³-hybridized carbons (Fsp3) is 0.154. The van der Waals surface area contributed by atoms with Crippen LogP contribution in [0.15, 0.2) is 30.6 Å². The van der Waals surface area contributed by atoms with Crippen molar-refractivity contribution in [2.24, 2.45) is 0 Å². The number of carbonyl (C=O) groups is 1. The van der Waals surface area contributed by atoms with Crippen molar-refractivity contribution < 1.29 is 13.9 Å². The van der Waals surface area contributed by atoms with Crippen LogP contribution in [0, 0.1) is 12.7 Å². The number of carbonyl (C=O) groups excluding carboxylic acids is 1. The number of aryl methyl sites for hydroxylation is 1. The molecule has 0 saturated carbocycles. The van der Waals surface area contributed by atoms with E-state index in [9.17, 15) is 9.18 Å². The van der Waals surface area contributed by atoms with Gasteiger partial charge in [-0.3, -0.25) is 9.78 Å². The molecule has 18 heavy (non-hydrogen) atoms. The highest BCUT2D eigenvalue weighted by atomic mass is 19.1. The maximum atomic E-state index is 13.3. The molecule has 2 aromatic heterocycles. The zero-order chi connectivity index (χ0) is 13.0. The average molecular weight is 246 g/mol. The van der Waals surface area contributed by atoms with Gasteiger partial charge < -0.3 is 4.74 Å². The second-order valence-corrected chi connectivity index (χ2v) is 3.69. The molecule has 0 N–H and O–H groups in total. The molecule has 0 bridgehead atoms. The average Bonchev–Trinajstić information content (AvgIpc) is 2.38. The van der Waals surface area contributed by atoms with E-state index in [4.69, 9.17) is 4.74 Å². The van der Waals surface area contributed by atoms with E-state index in [2.05, 4.69) is 9.97 Å². The summed E-state index contributed by atoms with van der Waals surface area (Å²) in [6, 6.07) is 4.51. The molecule has 2 aromatic rings. The minimum absolute atomic E-state index is 0.0655. The third-order valence-corrected chi connectivity index (χ3v) is 2.47. The fourth-order valence-electron chi connectivity index (χ4n) is 1.46. The largest absolute Gasteiger partial charge is 0.471 e. The fourth-order valence-corrected chi connectivity index (χ4v) is 1.46. The highest BCUT2D eigenvalue weighted by Gasteiger charge is 2.09. The first-order chi connectivity index (χ1) is 8.72. The quantitative estimate of drug-likeness (QED) is 0.777. The number of ether oxygens (including phenoxy) is 1. The molecule has 0 aliphatic heterocycles. The standard InChI is InChI=1S/C13H11FN2O2/c1-9-4-6-16-13(10(9)7-17)18-8-12-11(14)3-2-5-15-12/h2-7H,8H2,1H3. The van der Waals surface area contributed by atoms with E-state index in [-0.39, 0.29) is 18.2 Å². The lowest BCUT2D eigenvalue weighted by atomic mass is 10.2. The van der Waals surface area contributed by atoms with Crippen molar-refractivity contribution in [2.45, 2.75) is 13.5 Å². The minimum atomic E-state index is -0.446. The lowest BCUT2D eigenvalue weighted by Crippen LogP contribution is -2.05. The van der Waals surface area contributed by atoms with Crippen molar-refractivity contribution in [3.63, 3.8) is 0 Å². The Labute approximate surface area is 103 Å². The summed E-state index contributed by atoms with van der Waals surface area (Å²) in [5.41, 5.74) is 1.31. The van der Waals surface area contributed by atoms with E-state index in [1.54, 1.807) is 13.0 Å². The van der Waals surface area contributed by atoms with Crippen LogP contribution < -0.4 is 4.74 Å². The number of pyridine rings is 2. The third-order valence-electron chi connectivity index (χ3n) is 2.47. The summed E-state index contributed by atoms with van der Waals surface area (Å²) in [7, 11) is 0. The Balaban J connectivity index is 2.18. The predicted octanol–water partition coefficient (Wildman–Crippen LogP) is 2.32. The molecular formula is C13H11FN2O2. The van der Waals surface area contributed by atoms with Crippen LogP contribution in [0.5, 0.6) is 5.88 Å². The third kappa shape index (κ3) is 2.51. The van der Waals surface area contributed by atoms with Gasteiger partial charge in [-0.05, 0) is 30.7 Å². The zero-order valence-electron chi connectivity index (χ0n) is 9.76. The van der Waals surface area contributed by atoms with Crippen LogP contribution in [0.25, 0.3) is 0 Å². The van der Waals surface area contributed by atoms with Crippen LogP contribution >= 0.6 is 0 Å². The Morgan fingerprint density at radius 2 is 2.17 bits per heavy atom. The van der Waals surface area contributed by atoms with Crippen LogP contribution in [0.4, 0.5) is 4.39 Å². The van der Waals surface area contributed by atoms with Crippen LogP contribution in [-0.2, 0) is 6.61 Å². The van der Waals surface area contributed by atoms with Crippen molar-refractivity contribution in [3.8, 4) is 5.88 Å². The second kappa shape index (κ2) is 5.35. The van der Waals surface area contributed by atoms with Gasteiger partial charge in [-0.2, -0.15) is 0 Å². The summed E-state index contributed by atoms with van der Waals surface area (Å²) in [5.74, 6) is -0.257. The Kier molecular flexibility index (Phi) is 3.62. The topological polar surface area (TPSA) is 52.1 Å². The van der Waals surface area contributed by atoms with Gasteiger partial charge in [-0.25, -0.2) is 9.37 Å². The van der Waals surface area contributed by atoms with Crippen molar-refractivity contribution in [1.29, 1.82) is 0 Å². The van der Waals surface area contributed by atoms with Crippen LogP contribution in [0.2, 0.25) is 0 Å². The van der Waals surface area contributed by atoms with E-state index in [0.29, 0.717) is 11.8 Å². The van der Waals surface area contributed by atoms with Crippen LogP contribution in [0.3, 0.4) is 0 Å². The Hall–Kier alpha value is -2.30. The van der Waals surface area contributed by atoms with Gasteiger partial charge in [0.2, 0.25) is 5.88 Å². The summed E-state index contributed by atoms with van der Waals surface area (Å²) in [6.07, 6.45) is 3.69. The predicted molar refractivity (Wildman–Crippen MR) is 62.9 cm³/mol. The van der Waals surface area contributed by atoms with Crippen molar-refractivity contribution in [1.82, 2.24) is 9.97 Å². The van der Waals surface area contributed by atoms with Crippen molar-refractivity contribution in [3.05, 3.63) is 53.2 Å². The molecule has 0 atom stereocenters. The van der Waals surface area contributed by atoms with Gasteiger partial charge in [0.1, 0.15) is 18.1 Å². The molecule has 0 fully saturated rings. The first kappa shape index (κ1) is 12.2. The highest BCUT2D eigenvalue weighted by Crippen LogP contribution is 2.18. The number of halogens is 1. The molecule has 0 unspecified atom stereocenters. The highest BCUT2D eigenvalue weighted by molar-refractivity contribution is 5.80. The number of nitrogens with zero attached hydrogens (tertiary/aromatic N) is 2. The molecular weight excluding hydrogens is 235 g/mol. The molecule has 0 saturated heterocycles. The minimum Gasteiger partial charge on any atom is -0.471 e. The smallest absolute Gasteiger partial charge is 0.224 e. The SMILES string of the molecule is Cc1ccnc(OCc2ncccc2F)c1C=O. The Bertz CT molecular complexity index is 573. The molecule has 0 aliphatic carbocycles. The normalized spacial score (nSPS) is 10.1. The summed E-state index contributed by atoms with van der Waals surface area (Å²) in [4.78, 5) is 18.7. The molecule has 4 nitrogen and oxygen atoms in total. The summed E-state index contributed by atoms with van der Waals surface area (Å²) in [5, 5.41) is 0. The Morgan fingerprint density at radius 3 is 2.89 bits per heavy atom. The lowest BCUT2D eigenvalue weighted by molar-refractivity contribution is 0.111. The van der Waals surface area contributed by atoms with E-state index < -0.39 is 5.82 Å². The zero-order valence-corrected chi connectivity index (χ0v) is 9.76. The number of aldehydes is 1. The first-order valence-electron chi connectivity index (χ1n) is 5.35. The van der Waals surface area contributed by atoms with Crippen molar-refractivity contribution >= 4 is 6.29 Å². The molecule has 2 rings (SSSR count). The number of rotatable bonds is 4. The van der Waals surface area contributed by atoms with Gasteiger partial charge in [0.05, 0.1) is 5.56 Å². The van der Waals surface area contributed by atoms with E-state index in [1.807, 2.05) is 0 Å². The number of aromatic nitrogens is 2. The lowest BCUT2D eigenvalue weighted by Gasteiger charge is -2.08. The van der Waals surface area contributed by atoms with E-state index in [1.165, 1.54) is 24.5 Å². The van der Waals surface area contributed by atoms with Gasteiger partial charge >= 0.3 is 0 Å². The van der Waals surface area contributed by atoms with Crippen LogP contribution in [0.1, 0.15) is 21.6 Å². The second-order valence-electron chi connectivity index (χ2n) is 3.69. The molecule has 5 heteroatoms. The summed E-state index contributed by atoms with van der Waals surface area (Å²) in [6.45, 7) is 1.71. The molecule has 0 amide bonds. The van der Waals surface area contributed by atoms with Gasteiger partial charge in [0.25, 0.3) is 0 Å². The summed E-state index contributed by atoms with van der Waals surface area (Å²) >= 11 is 0. The molecule has 0 aliphatic rings. The molecule has 92 valence electrons. The maximum absolute atomic E-state index is 13.3. The maximum Gasteiger partial charge on any atom is 0.224 e.